The minimum atomic E-state index is -2.76. The van der Waals surface area contributed by atoms with Crippen LogP contribution in [0, 0.1) is 0 Å². The highest BCUT2D eigenvalue weighted by Crippen LogP contribution is 2.33. The van der Waals surface area contributed by atoms with Gasteiger partial charge in [-0.3, -0.25) is 0 Å². The van der Waals surface area contributed by atoms with Crippen molar-refractivity contribution in [3.63, 3.8) is 0 Å². The molecule has 0 radical (unpaired) electrons. The Balaban J connectivity index is 3.27. The Morgan fingerprint density at radius 3 is 2.69 bits per heavy atom. The summed E-state index contributed by atoms with van der Waals surface area (Å²) in [6, 6.07) is 1.29. The summed E-state index contributed by atoms with van der Waals surface area (Å²) >= 11 is 5.55. The summed E-state index contributed by atoms with van der Waals surface area (Å²) in [6.45, 7) is 0. The van der Waals surface area contributed by atoms with Crippen molar-refractivity contribution >= 4 is 17.4 Å². The highest BCUT2D eigenvalue weighted by molar-refractivity contribution is 6.32. The minimum absolute atomic E-state index is 0.0449. The second-order valence-corrected chi connectivity index (χ2v) is 2.63. The molecule has 1 rings (SSSR count). The van der Waals surface area contributed by atoms with Gasteiger partial charge in [-0.2, -0.15) is 0 Å². The van der Waals surface area contributed by atoms with E-state index in [1.807, 2.05) is 0 Å². The van der Waals surface area contributed by atoms with Gasteiger partial charge in [-0.05, 0) is 0 Å². The summed E-state index contributed by atoms with van der Waals surface area (Å²) in [6.07, 6.45) is -2.76. The Hall–Kier alpha value is -1.10. The van der Waals surface area contributed by atoms with Crippen LogP contribution in [0.5, 0.6) is 5.75 Å². The average molecular weight is 209 g/mol. The van der Waals surface area contributed by atoms with Gasteiger partial charge in [0.05, 0.1) is 7.11 Å². The van der Waals surface area contributed by atoms with Crippen molar-refractivity contribution in [1.82, 2.24) is 4.98 Å². The van der Waals surface area contributed by atoms with Crippen LogP contribution in [-0.2, 0) is 0 Å². The molecule has 0 aliphatic rings. The summed E-state index contributed by atoms with van der Waals surface area (Å²) in [5.74, 6) is 0.0565. The van der Waals surface area contributed by atoms with Crippen molar-refractivity contribution in [2.75, 3.05) is 12.8 Å². The second-order valence-electron chi connectivity index (χ2n) is 2.25. The molecule has 0 atom stereocenters. The molecule has 0 amide bonds. The van der Waals surface area contributed by atoms with Crippen LogP contribution < -0.4 is 10.5 Å². The van der Waals surface area contributed by atoms with E-state index in [2.05, 4.69) is 4.98 Å². The molecule has 3 nitrogen and oxygen atoms in total. The Morgan fingerprint density at radius 1 is 1.62 bits per heavy atom. The van der Waals surface area contributed by atoms with E-state index in [0.29, 0.717) is 0 Å². The normalized spacial score (nSPS) is 10.5. The summed E-state index contributed by atoms with van der Waals surface area (Å²) in [5, 5.41) is -0.202. The van der Waals surface area contributed by atoms with Crippen molar-refractivity contribution in [2.24, 2.45) is 0 Å². The smallest absolute Gasteiger partial charge is 0.282 e. The first-order chi connectivity index (χ1) is 6.06. The van der Waals surface area contributed by atoms with E-state index < -0.39 is 12.1 Å². The predicted octanol–water partition coefficient (Wildman–Crippen LogP) is 2.26. The monoisotopic (exact) mass is 208 g/mol. The van der Waals surface area contributed by atoms with Crippen molar-refractivity contribution in [3.05, 3.63) is 16.8 Å². The van der Waals surface area contributed by atoms with E-state index in [4.69, 9.17) is 22.1 Å². The van der Waals surface area contributed by atoms with Gasteiger partial charge in [-0.1, -0.05) is 11.6 Å². The van der Waals surface area contributed by atoms with Gasteiger partial charge < -0.3 is 10.5 Å². The molecule has 1 aromatic rings. The third-order valence-corrected chi connectivity index (χ3v) is 1.78. The van der Waals surface area contributed by atoms with Gasteiger partial charge in [0.1, 0.15) is 22.3 Å². The maximum Gasteiger partial charge on any atom is 0.282 e. The third kappa shape index (κ3) is 1.98. The maximum atomic E-state index is 12.3. The molecule has 0 fully saturated rings. The Morgan fingerprint density at radius 2 is 2.23 bits per heavy atom. The molecule has 1 heterocycles. The van der Waals surface area contributed by atoms with Crippen molar-refractivity contribution in [2.45, 2.75) is 6.43 Å². The molecule has 2 N–H and O–H groups in total. The fourth-order valence-electron chi connectivity index (χ4n) is 0.837. The number of nitrogen functional groups attached to an aromatic ring is 1. The molecule has 0 bridgehead atoms. The van der Waals surface area contributed by atoms with E-state index in [-0.39, 0.29) is 16.6 Å². The first-order valence-electron chi connectivity index (χ1n) is 3.34. The lowest BCUT2D eigenvalue weighted by molar-refractivity contribution is 0.146. The molecule has 1 aromatic heterocycles. The molecule has 72 valence electrons. The second kappa shape index (κ2) is 3.74. The molecule has 0 saturated heterocycles. The summed E-state index contributed by atoms with van der Waals surface area (Å²) in [4.78, 5) is 3.40. The Kier molecular flexibility index (Phi) is 2.87. The van der Waals surface area contributed by atoms with E-state index in [9.17, 15) is 8.78 Å². The number of alkyl halides is 2. The molecule has 13 heavy (non-hydrogen) atoms. The molecular formula is C7H7ClF2N2O. The van der Waals surface area contributed by atoms with Gasteiger partial charge in [-0.15, -0.1) is 0 Å². The molecular weight excluding hydrogens is 202 g/mol. The zero-order valence-corrected chi connectivity index (χ0v) is 7.48. The molecule has 0 unspecified atom stereocenters. The van der Waals surface area contributed by atoms with Gasteiger partial charge in [0.25, 0.3) is 6.43 Å². The van der Waals surface area contributed by atoms with Crippen LogP contribution in [0.1, 0.15) is 12.1 Å². The van der Waals surface area contributed by atoms with Gasteiger partial charge >= 0.3 is 0 Å². The predicted molar refractivity (Wildman–Crippen MR) is 45.2 cm³/mol. The molecule has 0 spiro atoms. The number of halogens is 3. The topological polar surface area (TPSA) is 48.1 Å². The number of methoxy groups -OCH3 is 1. The zero-order chi connectivity index (χ0) is 10.0. The van der Waals surface area contributed by atoms with Crippen molar-refractivity contribution in [3.8, 4) is 5.75 Å². The zero-order valence-electron chi connectivity index (χ0n) is 6.72. The van der Waals surface area contributed by atoms with Gasteiger partial charge in [0.15, 0.2) is 0 Å². The number of rotatable bonds is 2. The minimum Gasteiger partial charge on any atom is -0.495 e. The quantitative estimate of drug-likeness (QED) is 0.811. The van der Waals surface area contributed by atoms with Crippen LogP contribution in [0.15, 0.2) is 6.07 Å². The average Bonchev–Trinajstić information content (AvgIpc) is 2.08. The van der Waals surface area contributed by atoms with Crippen LogP contribution >= 0.6 is 11.6 Å². The number of hydrogen-bond donors (Lipinski definition) is 1. The van der Waals surface area contributed by atoms with E-state index in [1.54, 1.807) is 0 Å². The summed E-state index contributed by atoms with van der Waals surface area (Å²) in [7, 11) is 1.32. The first-order valence-corrected chi connectivity index (χ1v) is 3.72. The van der Waals surface area contributed by atoms with E-state index in [0.717, 1.165) is 0 Å². The number of nitrogens with zero attached hydrogens (tertiary/aromatic N) is 1. The van der Waals surface area contributed by atoms with Crippen LogP contribution in [0.2, 0.25) is 5.02 Å². The van der Waals surface area contributed by atoms with E-state index in [1.165, 1.54) is 13.2 Å². The summed E-state index contributed by atoms with van der Waals surface area (Å²) in [5.41, 5.74) is 4.70. The largest absolute Gasteiger partial charge is 0.495 e. The van der Waals surface area contributed by atoms with Crippen LogP contribution in [0.3, 0.4) is 0 Å². The molecule has 6 heteroatoms. The number of pyridine rings is 1. The fourth-order valence-corrected chi connectivity index (χ4v) is 1.09. The Labute approximate surface area is 78.5 Å². The number of hydrogen-bond acceptors (Lipinski definition) is 3. The third-order valence-electron chi connectivity index (χ3n) is 1.40. The lowest BCUT2D eigenvalue weighted by Gasteiger charge is -2.07. The fraction of sp³-hybridized carbons (Fsp3) is 0.286. The van der Waals surface area contributed by atoms with Gasteiger partial charge in [-0.25, -0.2) is 13.8 Å². The maximum absolute atomic E-state index is 12.3. The Bertz CT molecular complexity index is 320. The molecule has 0 aliphatic carbocycles. The number of nitrogens with two attached hydrogens (primary N) is 1. The van der Waals surface area contributed by atoms with Crippen LogP contribution in [-0.4, -0.2) is 12.1 Å². The lowest BCUT2D eigenvalue weighted by Crippen LogP contribution is -1.99. The molecule has 0 saturated carbocycles. The van der Waals surface area contributed by atoms with Crippen LogP contribution in [0.25, 0.3) is 0 Å². The molecule has 0 aromatic carbocycles. The van der Waals surface area contributed by atoms with Crippen molar-refractivity contribution < 1.29 is 13.5 Å². The van der Waals surface area contributed by atoms with Crippen LogP contribution in [0.4, 0.5) is 14.6 Å². The lowest BCUT2D eigenvalue weighted by atomic mass is 10.3. The molecule has 0 aliphatic heterocycles. The number of ether oxygens (including phenoxy) is 1. The number of aromatic nitrogens is 1. The summed E-state index contributed by atoms with van der Waals surface area (Å²) < 4.78 is 29.3. The van der Waals surface area contributed by atoms with Gasteiger partial charge in [0, 0.05) is 6.07 Å². The SMILES string of the molecule is COc1cc(N)nc(C(F)F)c1Cl. The van der Waals surface area contributed by atoms with Crippen molar-refractivity contribution in [1.29, 1.82) is 0 Å². The van der Waals surface area contributed by atoms with E-state index >= 15 is 0 Å². The highest BCUT2D eigenvalue weighted by atomic mass is 35.5. The first kappa shape index (κ1) is 9.98. The highest BCUT2D eigenvalue weighted by Gasteiger charge is 2.18. The number of anilines is 1. The van der Waals surface area contributed by atoms with Gasteiger partial charge in [0.2, 0.25) is 0 Å². The standard InChI is InChI=1S/C7H7ClF2N2O/c1-13-3-2-4(11)12-6(5(3)8)7(9)10/h2,7H,1H3,(H2,11,12).